The quantitative estimate of drug-likeness (QED) is 0.478. The summed E-state index contributed by atoms with van der Waals surface area (Å²) in [7, 11) is 1.75. The number of hydrogen-bond acceptors (Lipinski definition) is 3. The number of nitrogens with zero attached hydrogens (tertiary/aromatic N) is 1. The number of hydrogen-bond donors (Lipinski definition) is 2. The molecule has 0 bridgehead atoms. The van der Waals surface area contributed by atoms with E-state index in [9.17, 15) is 0 Å². The summed E-state index contributed by atoms with van der Waals surface area (Å²) in [5.74, 6) is 0.332. The summed E-state index contributed by atoms with van der Waals surface area (Å²) in [5, 5.41) is 7.46. The van der Waals surface area contributed by atoms with Gasteiger partial charge in [0.2, 0.25) is 0 Å². The number of rotatable bonds is 9. The van der Waals surface area contributed by atoms with Gasteiger partial charge in [0.15, 0.2) is 0 Å². The first kappa shape index (κ1) is 14.5. The first-order valence-electron chi connectivity index (χ1n) is 6.59. The number of nitrogens with two attached hydrogens (primary N) is 1. The van der Waals surface area contributed by atoms with Gasteiger partial charge >= 0.3 is 0 Å². The molecule has 1 rings (SSSR count). The maximum absolute atomic E-state index is 7.46. The predicted octanol–water partition coefficient (Wildman–Crippen LogP) is 1.84. The highest BCUT2D eigenvalue weighted by molar-refractivity contribution is 5.78. The van der Waals surface area contributed by atoms with Crippen molar-refractivity contribution in [2.24, 2.45) is 11.1 Å². The van der Waals surface area contributed by atoms with Crippen molar-refractivity contribution in [3.63, 3.8) is 0 Å². The molecule has 100 valence electrons. The van der Waals surface area contributed by atoms with Crippen LogP contribution in [0.15, 0.2) is 0 Å². The fraction of sp³-hybridized carbons (Fsp3) is 0.923. The molecule has 1 aliphatic rings. The highest BCUT2D eigenvalue weighted by Crippen LogP contribution is 2.49. The van der Waals surface area contributed by atoms with Gasteiger partial charge in [-0.3, -0.25) is 10.3 Å². The molecule has 1 unspecified atom stereocenters. The van der Waals surface area contributed by atoms with Crippen LogP contribution in [0, 0.1) is 10.8 Å². The largest absolute Gasteiger partial charge is 0.388 e. The molecule has 4 nitrogen and oxygen atoms in total. The first-order valence-corrected chi connectivity index (χ1v) is 6.59. The van der Waals surface area contributed by atoms with Gasteiger partial charge in [0.05, 0.1) is 12.4 Å². The molecule has 0 spiro atoms. The Hall–Kier alpha value is -0.610. The highest BCUT2D eigenvalue weighted by atomic mass is 16.5. The molecule has 0 aromatic heterocycles. The molecule has 17 heavy (non-hydrogen) atoms. The minimum Gasteiger partial charge on any atom is -0.388 e. The van der Waals surface area contributed by atoms with Crippen LogP contribution in [0.3, 0.4) is 0 Å². The lowest BCUT2D eigenvalue weighted by Gasteiger charge is -2.32. The van der Waals surface area contributed by atoms with E-state index in [1.54, 1.807) is 7.11 Å². The van der Waals surface area contributed by atoms with Gasteiger partial charge in [-0.2, -0.15) is 0 Å². The van der Waals surface area contributed by atoms with Crippen LogP contribution in [0.25, 0.3) is 0 Å². The SMILES string of the molecule is CCC(C)N(CCOC)CC1(CC(=N)N)CC1. The van der Waals surface area contributed by atoms with Crippen molar-refractivity contribution < 1.29 is 4.74 Å². The maximum Gasteiger partial charge on any atom is 0.0911 e. The van der Waals surface area contributed by atoms with Crippen molar-refractivity contribution in [1.82, 2.24) is 4.90 Å². The van der Waals surface area contributed by atoms with E-state index in [1.165, 1.54) is 12.8 Å². The second-order valence-corrected chi connectivity index (χ2v) is 5.42. The molecule has 0 aromatic carbocycles. The molecule has 1 saturated carbocycles. The lowest BCUT2D eigenvalue weighted by atomic mass is 10.00. The van der Waals surface area contributed by atoms with Crippen LogP contribution in [-0.2, 0) is 4.74 Å². The molecule has 1 aliphatic carbocycles. The Morgan fingerprint density at radius 2 is 2.18 bits per heavy atom. The average Bonchev–Trinajstić information content (AvgIpc) is 3.02. The molecule has 0 radical (unpaired) electrons. The molecule has 0 amide bonds. The number of nitrogens with one attached hydrogen (secondary N) is 1. The molecule has 1 atom stereocenters. The van der Waals surface area contributed by atoms with Crippen LogP contribution in [0.1, 0.15) is 39.5 Å². The van der Waals surface area contributed by atoms with Crippen molar-refractivity contribution in [3.8, 4) is 0 Å². The van der Waals surface area contributed by atoms with Gasteiger partial charge < -0.3 is 10.5 Å². The summed E-state index contributed by atoms with van der Waals surface area (Å²) in [5.41, 5.74) is 5.84. The molecular weight excluding hydrogens is 214 g/mol. The minimum absolute atomic E-state index is 0.295. The molecule has 3 N–H and O–H groups in total. The van der Waals surface area contributed by atoms with E-state index in [4.69, 9.17) is 15.9 Å². The fourth-order valence-corrected chi connectivity index (χ4v) is 2.32. The summed E-state index contributed by atoms with van der Waals surface area (Å²) in [6, 6.07) is 0.578. The van der Waals surface area contributed by atoms with E-state index in [2.05, 4.69) is 18.7 Å². The molecule has 0 saturated heterocycles. The Labute approximate surface area is 105 Å². The lowest BCUT2D eigenvalue weighted by Crippen LogP contribution is -2.40. The Kier molecular flexibility index (Phi) is 5.40. The second-order valence-electron chi connectivity index (χ2n) is 5.42. The summed E-state index contributed by atoms with van der Waals surface area (Å²) < 4.78 is 5.17. The highest BCUT2D eigenvalue weighted by Gasteiger charge is 2.44. The van der Waals surface area contributed by atoms with E-state index in [-0.39, 0.29) is 0 Å². The normalized spacial score (nSPS) is 19.3. The van der Waals surface area contributed by atoms with Crippen LogP contribution in [0.4, 0.5) is 0 Å². The second kappa shape index (κ2) is 6.36. The Morgan fingerprint density at radius 1 is 1.53 bits per heavy atom. The summed E-state index contributed by atoms with van der Waals surface area (Å²) in [6.07, 6.45) is 4.34. The third kappa shape index (κ3) is 4.64. The smallest absolute Gasteiger partial charge is 0.0911 e. The van der Waals surface area contributed by atoms with Crippen molar-refractivity contribution in [2.75, 3.05) is 26.8 Å². The zero-order valence-electron chi connectivity index (χ0n) is 11.5. The monoisotopic (exact) mass is 241 g/mol. The van der Waals surface area contributed by atoms with Gasteiger partial charge in [-0.25, -0.2) is 0 Å². The molecular formula is C13H27N3O. The van der Waals surface area contributed by atoms with Crippen LogP contribution >= 0.6 is 0 Å². The number of amidine groups is 1. The topological polar surface area (TPSA) is 62.3 Å². The van der Waals surface area contributed by atoms with Crippen LogP contribution in [0.2, 0.25) is 0 Å². The summed E-state index contributed by atoms with van der Waals surface area (Å²) in [4.78, 5) is 2.49. The molecule has 0 heterocycles. The number of methoxy groups -OCH3 is 1. The minimum atomic E-state index is 0.295. The van der Waals surface area contributed by atoms with Crippen molar-refractivity contribution >= 4 is 5.84 Å². The fourth-order valence-electron chi connectivity index (χ4n) is 2.32. The third-order valence-electron chi connectivity index (χ3n) is 3.86. The standard InChI is InChI=1S/C13H27N3O/c1-4-11(2)16(7-8-17-3)10-13(5-6-13)9-12(14)15/h11H,4-10H2,1-3H3,(H3,14,15). The van der Waals surface area contributed by atoms with Gasteiger partial charge in [-0.15, -0.1) is 0 Å². The van der Waals surface area contributed by atoms with Gasteiger partial charge in [-0.05, 0) is 31.6 Å². The van der Waals surface area contributed by atoms with Crippen LogP contribution in [0.5, 0.6) is 0 Å². The van der Waals surface area contributed by atoms with Gasteiger partial charge in [0.1, 0.15) is 0 Å². The lowest BCUT2D eigenvalue weighted by molar-refractivity contribution is 0.106. The van der Waals surface area contributed by atoms with E-state index in [0.29, 0.717) is 17.3 Å². The first-order chi connectivity index (χ1) is 8.03. The molecule has 0 aliphatic heterocycles. The molecule has 4 heteroatoms. The van der Waals surface area contributed by atoms with E-state index in [0.717, 1.165) is 32.5 Å². The van der Waals surface area contributed by atoms with Gasteiger partial charge in [-0.1, -0.05) is 6.92 Å². The van der Waals surface area contributed by atoms with Crippen molar-refractivity contribution in [1.29, 1.82) is 5.41 Å². The Balaban J connectivity index is 2.50. The van der Waals surface area contributed by atoms with E-state index >= 15 is 0 Å². The molecule has 0 aromatic rings. The zero-order valence-corrected chi connectivity index (χ0v) is 11.5. The van der Waals surface area contributed by atoms with E-state index < -0.39 is 0 Å². The molecule has 1 fully saturated rings. The Morgan fingerprint density at radius 3 is 2.59 bits per heavy atom. The van der Waals surface area contributed by atoms with Crippen LogP contribution < -0.4 is 5.73 Å². The number of ether oxygens (including phenoxy) is 1. The van der Waals surface area contributed by atoms with Crippen molar-refractivity contribution in [2.45, 2.75) is 45.6 Å². The summed E-state index contributed by atoms with van der Waals surface area (Å²) in [6.45, 7) is 7.30. The summed E-state index contributed by atoms with van der Waals surface area (Å²) >= 11 is 0. The Bertz CT molecular complexity index is 251. The van der Waals surface area contributed by atoms with Crippen molar-refractivity contribution in [3.05, 3.63) is 0 Å². The average molecular weight is 241 g/mol. The maximum atomic E-state index is 7.46. The van der Waals surface area contributed by atoms with Crippen LogP contribution in [-0.4, -0.2) is 43.6 Å². The predicted molar refractivity (Wildman–Crippen MR) is 71.4 cm³/mol. The van der Waals surface area contributed by atoms with E-state index in [1.807, 2.05) is 0 Å². The van der Waals surface area contributed by atoms with Gasteiger partial charge in [0, 0.05) is 32.7 Å². The van der Waals surface area contributed by atoms with Gasteiger partial charge in [0.25, 0.3) is 0 Å². The third-order valence-corrected chi connectivity index (χ3v) is 3.86. The zero-order chi connectivity index (χ0) is 12.9.